The van der Waals surface area contributed by atoms with Crippen molar-refractivity contribution in [3.8, 4) is 0 Å². The van der Waals surface area contributed by atoms with Crippen LogP contribution in [0.3, 0.4) is 0 Å². The van der Waals surface area contributed by atoms with Crippen LogP contribution >= 0.6 is 11.6 Å². The molecule has 0 bridgehead atoms. The monoisotopic (exact) mass is 359 g/mol. The lowest BCUT2D eigenvalue weighted by atomic mass is 10.1. The Morgan fingerprint density at radius 3 is 2.76 bits per heavy atom. The zero-order chi connectivity index (χ0) is 18.0. The van der Waals surface area contributed by atoms with Crippen LogP contribution in [0, 0.1) is 5.82 Å². The van der Waals surface area contributed by atoms with Gasteiger partial charge in [-0.2, -0.15) is 0 Å². The van der Waals surface area contributed by atoms with Crippen LogP contribution in [0.5, 0.6) is 0 Å². The van der Waals surface area contributed by atoms with Crippen molar-refractivity contribution in [2.45, 2.75) is 19.8 Å². The molecule has 0 atom stereocenters. The first-order valence-corrected chi connectivity index (χ1v) is 8.12. The summed E-state index contributed by atoms with van der Waals surface area (Å²) in [6.45, 7) is 1.82. The molecule has 3 aromatic rings. The van der Waals surface area contributed by atoms with Crippen molar-refractivity contribution in [1.82, 2.24) is 9.66 Å². The van der Waals surface area contributed by atoms with Crippen molar-refractivity contribution < 1.29 is 9.18 Å². The van der Waals surface area contributed by atoms with E-state index in [1.165, 1.54) is 18.2 Å². The molecule has 0 fully saturated rings. The summed E-state index contributed by atoms with van der Waals surface area (Å²) in [5, 5.41) is 0.693. The van der Waals surface area contributed by atoms with Gasteiger partial charge in [0.25, 0.3) is 5.56 Å². The molecule has 0 aliphatic heterocycles. The minimum atomic E-state index is -0.439. The Morgan fingerprint density at radius 1 is 1.28 bits per heavy atom. The third-order valence-electron chi connectivity index (χ3n) is 3.73. The standard InChI is InChI=1S/C18H15ClFN3O2/c1-2-15-21-17-13(7-4-8-14(17)19)18(25)23(15)22-16(24)10-11-5-3-6-12(20)9-11/h3-9H,2,10H2,1H3,(H,22,24). The fraction of sp³-hybridized carbons (Fsp3) is 0.167. The summed E-state index contributed by atoms with van der Waals surface area (Å²) < 4.78 is 14.4. The highest BCUT2D eigenvalue weighted by molar-refractivity contribution is 6.34. The molecule has 0 saturated heterocycles. The number of halogens is 2. The SMILES string of the molecule is CCc1nc2c(Cl)cccc2c(=O)n1NC(=O)Cc1cccc(F)c1. The number of aromatic nitrogens is 2. The number of hydrogen-bond donors (Lipinski definition) is 1. The molecule has 1 amide bonds. The van der Waals surface area contributed by atoms with Crippen molar-refractivity contribution in [1.29, 1.82) is 0 Å². The Hall–Kier alpha value is -2.73. The third kappa shape index (κ3) is 3.53. The minimum Gasteiger partial charge on any atom is -0.273 e. The van der Waals surface area contributed by atoms with Gasteiger partial charge >= 0.3 is 0 Å². The number of rotatable bonds is 4. The van der Waals surface area contributed by atoms with E-state index in [2.05, 4.69) is 10.4 Å². The predicted molar refractivity (Wildman–Crippen MR) is 94.9 cm³/mol. The fourth-order valence-corrected chi connectivity index (χ4v) is 2.78. The minimum absolute atomic E-state index is 0.0546. The molecule has 5 nitrogen and oxygen atoms in total. The third-order valence-corrected chi connectivity index (χ3v) is 4.03. The maximum absolute atomic E-state index is 13.2. The molecule has 0 aliphatic rings. The molecule has 3 rings (SSSR count). The number of amides is 1. The van der Waals surface area contributed by atoms with Crippen LogP contribution < -0.4 is 11.0 Å². The first-order chi connectivity index (χ1) is 12.0. The Morgan fingerprint density at radius 2 is 2.04 bits per heavy atom. The number of para-hydroxylation sites is 1. The highest BCUT2D eigenvalue weighted by Gasteiger charge is 2.14. The van der Waals surface area contributed by atoms with E-state index >= 15 is 0 Å². The van der Waals surface area contributed by atoms with E-state index in [1.54, 1.807) is 24.3 Å². The lowest BCUT2D eigenvalue weighted by Gasteiger charge is -2.14. The highest BCUT2D eigenvalue weighted by atomic mass is 35.5. The van der Waals surface area contributed by atoms with Crippen LogP contribution in [-0.4, -0.2) is 15.6 Å². The van der Waals surface area contributed by atoms with Crippen LogP contribution in [0.1, 0.15) is 18.3 Å². The molecule has 25 heavy (non-hydrogen) atoms. The van der Waals surface area contributed by atoms with Gasteiger partial charge in [0.05, 0.1) is 22.3 Å². The summed E-state index contributed by atoms with van der Waals surface area (Å²) in [7, 11) is 0. The Bertz CT molecular complexity index is 1020. The largest absolute Gasteiger partial charge is 0.280 e. The fourth-order valence-electron chi connectivity index (χ4n) is 2.57. The summed E-state index contributed by atoms with van der Waals surface area (Å²) in [4.78, 5) is 29.3. The molecule has 0 aliphatic carbocycles. The summed E-state index contributed by atoms with van der Waals surface area (Å²) in [5.41, 5.74) is 3.06. The molecule has 0 saturated carbocycles. The number of hydrogen-bond acceptors (Lipinski definition) is 3. The van der Waals surface area contributed by atoms with Crippen LogP contribution in [0.25, 0.3) is 10.9 Å². The van der Waals surface area contributed by atoms with E-state index < -0.39 is 17.3 Å². The van der Waals surface area contributed by atoms with Crippen molar-refractivity contribution in [3.05, 3.63) is 75.0 Å². The molecular formula is C18H15ClFN3O2. The van der Waals surface area contributed by atoms with E-state index in [0.29, 0.717) is 33.7 Å². The highest BCUT2D eigenvalue weighted by Crippen LogP contribution is 2.19. The van der Waals surface area contributed by atoms with E-state index in [4.69, 9.17) is 11.6 Å². The van der Waals surface area contributed by atoms with E-state index in [-0.39, 0.29) is 6.42 Å². The van der Waals surface area contributed by atoms with Gasteiger partial charge in [0, 0.05) is 6.42 Å². The van der Waals surface area contributed by atoms with Gasteiger partial charge in [0.1, 0.15) is 11.6 Å². The number of carbonyl (C=O) groups is 1. The Labute approximate surface area is 148 Å². The number of carbonyl (C=O) groups excluding carboxylic acids is 1. The van der Waals surface area contributed by atoms with E-state index in [9.17, 15) is 14.0 Å². The molecule has 0 radical (unpaired) electrons. The smallest absolute Gasteiger partial charge is 0.273 e. The second-order valence-corrected chi connectivity index (χ2v) is 5.91. The van der Waals surface area contributed by atoms with Crippen molar-refractivity contribution in [2.75, 3.05) is 5.43 Å². The summed E-state index contributed by atoms with van der Waals surface area (Å²) in [6.07, 6.45) is 0.373. The van der Waals surface area contributed by atoms with Gasteiger partial charge in [0.15, 0.2) is 0 Å². The maximum Gasteiger partial charge on any atom is 0.280 e. The molecule has 128 valence electrons. The van der Waals surface area contributed by atoms with E-state index in [1.807, 2.05) is 6.92 Å². The molecular weight excluding hydrogens is 345 g/mol. The molecule has 1 heterocycles. The van der Waals surface area contributed by atoms with Crippen LogP contribution in [0.2, 0.25) is 5.02 Å². The summed E-state index contributed by atoms with van der Waals surface area (Å²) in [5.74, 6) is -0.470. The van der Waals surface area contributed by atoms with Gasteiger partial charge in [-0.3, -0.25) is 15.0 Å². The number of benzene rings is 2. The van der Waals surface area contributed by atoms with Crippen LogP contribution in [-0.2, 0) is 17.6 Å². The van der Waals surface area contributed by atoms with Gasteiger partial charge in [-0.25, -0.2) is 14.1 Å². The first kappa shape index (κ1) is 17.1. The average Bonchev–Trinajstić information content (AvgIpc) is 2.58. The van der Waals surface area contributed by atoms with Crippen molar-refractivity contribution >= 4 is 28.4 Å². The maximum atomic E-state index is 13.2. The van der Waals surface area contributed by atoms with Gasteiger partial charge in [-0.1, -0.05) is 36.7 Å². The number of fused-ring (bicyclic) bond motifs is 1. The molecule has 0 unspecified atom stereocenters. The summed E-state index contributed by atoms with van der Waals surface area (Å²) >= 11 is 6.10. The van der Waals surface area contributed by atoms with E-state index in [0.717, 1.165) is 4.68 Å². The van der Waals surface area contributed by atoms with Gasteiger partial charge in [-0.15, -0.1) is 0 Å². The van der Waals surface area contributed by atoms with Crippen molar-refractivity contribution in [3.63, 3.8) is 0 Å². The number of nitrogens with one attached hydrogen (secondary N) is 1. The second-order valence-electron chi connectivity index (χ2n) is 5.50. The van der Waals surface area contributed by atoms with Crippen LogP contribution in [0.4, 0.5) is 4.39 Å². The summed E-state index contributed by atoms with van der Waals surface area (Å²) in [6, 6.07) is 10.7. The second kappa shape index (κ2) is 7.03. The topological polar surface area (TPSA) is 64.0 Å². The molecule has 0 spiro atoms. The quantitative estimate of drug-likeness (QED) is 0.778. The zero-order valence-corrected chi connectivity index (χ0v) is 14.2. The normalized spacial score (nSPS) is 10.8. The Kier molecular flexibility index (Phi) is 4.81. The first-order valence-electron chi connectivity index (χ1n) is 7.74. The predicted octanol–water partition coefficient (Wildman–Crippen LogP) is 3.06. The molecule has 2 aromatic carbocycles. The lowest BCUT2D eigenvalue weighted by molar-refractivity contribution is -0.116. The number of nitrogens with zero attached hydrogens (tertiary/aromatic N) is 2. The van der Waals surface area contributed by atoms with Gasteiger partial charge < -0.3 is 0 Å². The average molecular weight is 360 g/mol. The van der Waals surface area contributed by atoms with Gasteiger partial charge in [0.2, 0.25) is 5.91 Å². The molecule has 1 aromatic heterocycles. The lowest BCUT2D eigenvalue weighted by Crippen LogP contribution is -2.37. The Balaban J connectivity index is 1.96. The van der Waals surface area contributed by atoms with Gasteiger partial charge in [-0.05, 0) is 29.8 Å². The zero-order valence-electron chi connectivity index (χ0n) is 13.4. The van der Waals surface area contributed by atoms with Crippen molar-refractivity contribution in [2.24, 2.45) is 0 Å². The number of aryl methyl sites for hydroxylation is 1. The van der Waals surface area contributed by atoms with Crippen LogP contribution in [0.15, 0.2) is 47.3 Å². The molecule has 1 N–H and O–H groups in total. The molecule has 7 heteroatoms.